The van der Waals surface area contributed by atoms with E-state index < -0.39 is 0 Å². The second-order valence-corrected chi connectivity index (χ2v) is 5.99. The maximum absolute atomic E-state index is 11.9. The summed E-state index contributed by atoms with van der Waals surface area (Å²) < 4.78 is 2.09. The molecule has 0 aliphatic heterocycles. The number of carbonyl (C=O) groups is 1. The van der Waals surface area contributed by atoms with Crippen LogP contribution in [0.2, 0.25) is 5.02 Å². The highest BCUT2D eigenvalue weighted by Crippen LogP contribution is 2.22. The third-order valence-electron chi connectivity index (χ3n) is 3.80. The third-order valence-corrected chi connectivity index (χ3v) is 4.04. The van der Waals surface area contributed by atoms with Crippen LogP contribution in [0.25, 0.3) is 5.69 Å². The van der Waals surface area contributed by atoms with E-state index in [2.05, 4.69) is 20.1 Å². The van der Waals surface area contributed by atoms with Gasteiger partial charge in [0.2, 0.25) is 0 Å². The highest BCUT2D eigenvalue weighted by Gasteiger charge is 2.10. The predicted molar refractivity (Wildman–Crippen MR) is 99.6 cm³/mol. The Labute approximate surface area is 151 Å². The number of rotatable bonds is 4. The number of benzene rings is 1. The fourth-order valence-electron chi connectivity index (χ4n) is 2.65. The van der Waals surface area contributed by atoms with Gasteiger partial charge in [0.25, 0.3) is 5.91 Å². The first-order valence-electron chi connectivity index (χ1n) is 7.75. The van der Waals surface area contributed by atoms with Crippen molar-refractivity contribution < 1.29 is 4.79 Å². The van der Waals surface area contributed by atoms with Gasteiger partial charge in [-0.1, -0.05) is 23.7 Å². The van der Waals surface area contributed by atoms with E-state index in [1.54, 1.807) is 30.6 Å². The summed E-state index contributed by atoms with van der Waals surface area (Å²) >= 11 is 6.09. The Hall–Kier alpha value is -2.92. The minimum Gasteiger partial charge on any atom is -0.318 e. The molecule has 126 valence electrons. The lowest BCUT2D eigenvalue weighted by molar-refractivity contribution is 0.0950. The standard InChI is InChI=1S/C19H17ClN4O/c1-13-10-15(12-22-23-19(25)18-8-3-4-9-21-18)14(2)24(13)17-7-5-6-16(20)11-17/h3-12H,1-2H3,(H,23,25). The first kappa shape index (κ1) is 16.9. The van der Waals surface area contributed by atoms with Crippen LogP contribution in [-0.2, 0) is 0 Å². The number of pyridine rings is 1. The Kier molecular flexibility index (Phi) is 4.95. The summed E-state index contributed by atoms with van der Waals surface area (Å²) in [4.78, 5) is 15.9. The van der Waals surface area contributed by atoms with E-state index in [0.29, 0.717) is 10.7 Å². The predicted octanol–water partition coefficient (Wildman–Crippen LogP) is 3.91. The molecule has 2 heterocycles. The number of nitrogens with one attached hydrogen (secondary N) is 1. The van der Waals surface area contributed by atoms with Gasteiger partial charge in [-0.3, -0.25) is 9.78 Å². The number of aryl methyl sites for hydroxylation is 1. The zero-order valence-electron chi connectivity index (χ0n) is 13.9. The molecule has 1 amide bonds. The van der Waals surface area contributed by atoms with Crippen LogP contribution in [0.15, 0.2) is 59.8 Å². The summed E-state index contributed by atoms with van der Waals surface area (Å²) in [6, 6.07) is 14.8. The van der Waals surface area contributed by atoms with E-state index in [4.69, 9.17) is 11.6 Å². The summed E-state index contributed by atoms with van der Waals surface area (Å²) in [5.74, 6) is -0.347. The van der Waals surface area contributed by atoms with Gasteiger partial charge in [-0.2, -0.15) is 5.10 Å². The molecule has 0 atom stereocenters. The van der Waals surface area contributed by atoms with Crippen molar-refractivity contribution >= 4 is 23.7 Å². The molecule has 0 fully saturated rings. The zero-order chi connectivity index (χ0) is 17.8. The molecule has 0 aliphatic rings. The normalized spacial score (nSPS) is 11.0. The van der Waals surface area contributed by atoms with Crippen LogP contribution in [0.1, 0.15) is 27.4 Å². The molecule has 25 heavy (non-hydrogen) atoms. The first-order chi connectivity index (χ1) is 12.1. The number of hydrogen-bond acceptors (Lipinski definition) is 3. The van der Waals surface area contributed by atoms with Crippen molar-refractivity contribution in [1.82, 2.24) is 15.0 Å². The molecule has 0 bridgehead atoms. The van der Waals surface area contributed by atoms with Crippen LogP contribution in [0.5, 0.6) is 0 Å². The van der Waals surface area contributed by atoms with Gasteiger partial charge < -0.3 is 4.57 Å². The van der Waals surface area contributed by atoms with E-state index in [0.717, 1.165) is 22.6 Å². The maximum atomic E-state index is 11.9. The topological polar surface area (TPSA) is 59.3 Å². The molecule has 1 N–H and O–H groups in total. The van der Waals surface area contributed by atoms with Crippen LogP contribution in [0.4, 0.5) is 0 Å². The van der Waals surface area contributed by atoms with E-state index in [1.807, 2.05) is 44.2 Å². The van der Waals surface area contributed by atoms with Crippen molar-refractivity contribution in [2.75, 3.05) is 0 Å². The molecule has 0 unspecified atom stereocenters. The second-order valence-electron chi connectivity index (χ2n) is 5.56. The number of hydrogen-bond donors (Lipinski definition) is 1. The number of amides is 1. The molecule has 0 spiro atoms. The van der Waals surface area contributed by atoms with Crippen molar-refractivity contribution in [3.63, 3.8) is 0 Å². The monoisotopic (exact) mass is 352 g/mol. The molecule has 0 radical (unpaired) electrons. The van der Waals surface area contributed by atoms with Crippen molar-refractivity contribution in [1.29, 1.82) is 0 Å². The Morgan fingerprint density at radius 3 is 2.76 bits per heavy atom. The van der Waals surface area contributed by atoms with Gasteiger partial charge in [-0.25, -0.2) is 5.43 Å². The third kappa shape index (κ3) is 3.78. The van der Waals surface area contributed by atoms with Gasteiger partial charge in [0.1, 0.15) is 5.69 Å². The van der Waals surface area contributed by atoms with Crippen molar-refractivity contribution in [3.8, 4) is 5.69 Å². The Balaban J connectivity index is 1.80. The van der Waals surface area contributed by atoms with Crippen LogP contribution in [-0.4, -0.2) is 21.7 Å². The number of aromatic nitrogens is 2. The van der Waals surface area contributed by atoms with Gasteiger partial charge in [-0.05, 0) is 50.2 Å². The summed E-state index contributed by atoms with van der Waals surface area (Å²) in [6.07, 6.45) is 3.20. The lowest BCUT2D eigenvalue weighted by atomic mass is 10.2. The van der Waals surface area contributed by atoms with Crippen molar-refractivity contribution in [2.24, 2.45) is 5.10 Å². The molecule has 6 heteroatoms. The lowest BCUT2D eigenvalue weighted by Gasteiger charge is -2.09. The molecular formula is C19H17ClN4O. The molecule has 0 saturated carbocycles. The fraction of sp³-hybridized carbons (Fsp3) is 0.105. The average molecular weight is 353 g/mol. The quantitative estimate of drug-likeness (QED) is 0.571. The number of hydrazone groups is 1. The Bertz CT molecular complexity index is 932. The second kappa shape index (κ2) is 7.32. The Morgan fingerprint density at radius 2 is 2.04 bits per heavy atom. The summed E-state index contributed by atoms with van der Waals surface area (Å²) in [5, 5.41) is 4.72. The Morgan fingerprint density at radius 1 is 1.20 bits per heavy atom. The zero-order valence-corrected chi connectivity index (χ0v) is 14.7. The number of nitrogens with zero attached hydrogens (tertiary/aromatic N) is 3. The molecule has 3 rings (SSSR count). The minimum absolute atomic E-state index is 0.323. The van der Waals surface area contributed by atoms with Gasteiger partial charge in [-0.15, -0.1) is 0 Å². The van der Waals surface area contributed by atoms with Gasteiger partial charge in [0.15, 0.2) is 0 Å². The van der Waals surface area contributed by atoms with Crippen LogP contribution >= 0.6 is 11.6 Å². The van der Waals surface area contributed by atoms with E-state index >= 15 is 0 Å². The average Bonchev–Trinajstić information content (AvgIpc) is 2.89. The van der Waals surface area contributed by atoms with Crippen molar-refractivity contribution in [3.05, 3.63) is 82.4 Å². The summed E-state index contributed by atoms with van der Waals surface area (Å²) in [7, 11) is 0. The SMILES string of the molecule is Cc1cc(C=NNC(=O)c2ccccn2)c(C)n1-c1cccc(Cl)c1. The number of carbonyl (C=O) groups excluding carboxylic acids is 1. The highest BCUT2D eigenvalue weighted by molar-refractivity contribution is 6.30. The maximum Gasteiger partial charge on any atom is 0.289 e. The molecule has 5 nitrogen and oxygen atoms in total. The molecular weight excluding hydrogens is 336 g/mol. The number of halogens is 1. The molecule has 0 aliphatic carbocycles. The lowest BCUT2D eigenvalue weighted by Crippen LogP contribution is -2.18. The largest absolute Gasteiger partial charge is 0.318 e. The van der Waals surface area contributed by atoms with Gasteiger partial charge in [0.05, 0.1) is 6.21 Å². The summed E-state index contributed by atoms with van der Waals surface area (Å²) in [5.41, 5.74) is 6.78. The smallest absolute Gasteiger partial charge is 0.289 e. The van der Waals surface area contributed by atoms with Crippen LogP contribution in [0.3, 0.4) is 0 Å². The van der Waals surface area contributed by atoms with Crippen LogP contribution in [0, 0.1) is 13.8 Å². The molecule has 0 saturated heterocycles. The fourth-order valence-corrected chi connectivity index (χ4v) is 2.83. The van der Waals surface area contributed by atoms with Gasteiger partial charge in [0, 0.05) is 33.9 Å². The highest BCUT2D eigenvalue weighted by atomic mass is 35.5. The molecule has 2 aromatic heterocycles. The van der Waals surface area contributed by atoms with Crippen molar-refractivity contribution in [2.45, 2.75) is 13.8 Å². The molecule has 3 aromatic rings. The summed E-state index contributed by atoms with van der Waals surface area (Å²) in [6.45, 7) is 4.01. The van der Waals surface area contributed by atoms with E-state index in [1.165, 1.54) is 0 Å². The van der Waals surface area contributed by atoms with Gasteiger partial charge >= 0.3 is 0 Å². The first-order valence-corrected chi connectivity index (χ1v) is 8.13. The minimum atomic E-state index is -0.347. The molecule has 1 aromatic carbocycles. The van der Waals surface area contributed by atoms with Crippen LogP contribution < -0.4 is 5.43 Å². The van der Waals surface area contributed by atoms with E-state index in [-0.39, 0.29) is 5.91 Å². The van der Waals surface area contributed by atoms with E-state index in [9.17, 15) is 4.79 Å².